The van der Waals surface area contributed by atoms with Crippen LogP contribution in [0.25, 0.3) is 0 Å². The second-order valence-corrected chi connectivity index (χ2v) is 25.4. The molecule has 0 aliphatic heterocycles. The fourth-order valence-electron chi connectivity index (χ4n) is 3.22. The van der Waals surface area contributed by atoms with Gasteiger partial charge in [-0.1, -0.05) is 18.2 Å². The van der Waals surface area contributed by atoms with Crippen LogP contribution in [-0.4, -0.2) is 15.0 Å². The number of rotatable bonds is 9. The summed E-state index contributed by atoms with van der Waals surface area (Å²) in [7, 11) is 0. The van der Waals surface area contributed by atoms with E-state index in [2.05, 4.69) is 254 Å². The molecule has 0 amide bonds. The molecule has 240 valence electrons. The van der Waals surface area contributed by atoms with Gasteiger partial charge in [0.2, 0.25) is 10.3 Å². The third kappa shape index (κ3) is 9.83. The number of nitrogens with zero attached hydrogens (tertiary/aromatic N) is 3. The summed E-state index contributed by atoms with van der Waals surface area (Å²) in [6.45, 7) is 0. The first-order valence-electron chi connectivity index (χ1n) is 11.1. The van der Waals surface area contributed by atoms with E-state index in [1.807, 2.05) is 36.4 Å². The Morgan fingerprint density at radius 3 is 0.800 bits per heavy atom. The highest BCUT2D eigenvalue weighted by atomic mass is 79.9. The molecule has 0 unspecified atom stereocenters. The molecule has 0 radical (unpaired) electrons. The van der Waals surface area contributed by atoms with E-state index in [0.29, 0.717) is 30.1 Å². The minimum absolute atomic E-state index is 0.145. The van der Waals surface area contributed by atoms with Crippen molar-refractivity contribution in [2.75, 3.05) is 0 Å². The van der Waals surface area contributed by atoms with Crippen molar-refractivity contribution < 1.29 is 14.2 Å². The summed E-state index contributed by atoms with van der Waals surface area (Å²) in [5, 5.41) is 0. The van der Waals surface area contributed by atoms with E-state index in [0.717, 1.165) is 26.8 Å². The van der Waals surface area contributed by atoms with Crippen LogP contribution in [0.5, 0.6) is 18.0 Å². The van der Waals surface area contributed by atoms with Gasteiger partial charge in [-0.05, 0) is 257 Å². The predicted octanol–water partition coefficient (Wildman–Crippen LogP) is 15.7. The number of ether oxygens (including phenoxy) is 3. The Bertz CT molecular complexity index is 1570. The Balaban J connectivity index is 1.80. The van der Waals surface area contributed by atoms with Gasteiger partial charge in [-0.3, -0.25) is 0 Å². The molecule has 0 bridgehead atoms. The zero-order valence-electron chi connectivity index (χ0n) is 20.7. The van der Waals surface area contributed by atoms with Crippen molar-refractivity contribution in [2.24, 2.45) is 0 Å². The van der Waals surface area contributed by atoms with Gasteiger partial charge in [-0.2, -0.15) is 0 Å². The van der Waals surface area contributed by atoms with Crippen LogP contribution in [0, 0.1) is 0 Å². The Kier molecular flexibility index (Phi) is 15.1. The summed E-state index contributed by atoms with van der Waals surface area (Å²) in [4.78, 5) is 13.3. The van der Waals surface area contributed by atoms with E-state index in [1.165, 1.54) is 0 Å². The van der Waals surface area contributed by atoms with E-state index >= 15 is 0 Å². The third-order valence-electron chi connectivity index (χ3n) is 5.28. The molecular weight excluding hydrogens is 1580 g/mol. The molecule has 0 fully saturated rings. The Hall–Kier alpha value is 3.27. The molecule has 3 aromatic carbocycles. The number of benzene rings is 3. The third-order valence-corrected chi connectivity index (χ3v) is 18.9. The second-order valence-electron chi connectivity index (χ2n) is 8.21. The van der Waals surface area contributed by atoms with E-state index in [4.69, 9.17) is 14.2 Å². The molecule has 0 saturated carbocycles. The SMILES string of the molecule is Brc1ccc(C(Br)(Br)Oc2nc(OC(Br)(Br)c3ccc(Br)c(Br)c3Br)nc(OC(Br)(Br)c3ccc(Br)c(Br)c3Br)n2)c(Br)c1Br. The van der Waals surface area contributed by atoms with Gasteiger partial charge in [0.25, 0.3) is 0 Å². The minimum Gasteiger partial charge on any atom is -0.430 e. The van der Waals surface area contributed by atoms with E-state index in [9.17, 15) is 0 Å². The molecule has 0 aliphatic rings. The summed E-state index contributed by atoms with van der Waals surface area (Å²) >= 11 is 53.7. The van der Waals surface area contributed by atoms with E-state index in [-0.39, 0.29) is 18.0 Å². The maximum atomic E-state index is 6.24. The molecular formula is C24H6Br15N3O3. The molecule has 0 spiro atoms. The first-order chi connectivity index (χ1) is 20.7. The van der Waals surface area contributed by atoms with E-state index < -0.39 is 10.3 Å². The molecule has 4 aromatic rings. The monoisotopic (exact) mass is 1570 g/mol. The van der Waals surface area contributed by atoms with Crippen LogP contribution in [0.4, 0.5) is 0 Å². The smallest absolute Gasteiger partial charge is 0.328 e. The molecule has 0 atom stereocenters. The maximum absolute atomic E-state index is 6.24. The predicted molar refractivity (Wildman–Crippen MR) is 229 cm³/mol. The fraction of sp³-hybridized carbons (Fsp3) is 0.125. The molecule has 1 aromatic heterocycles. The van der Waals surface area contributed by atoms with Crippen LogP contribution >= 0.6 is 239 Å². The van der Waals surface area contributed by atoms with Crippen molar-refractivity contribution in [3.05, 3.63) is 93.3 Å². The standard InChI is InChI=1S/C24H6Br15N3O3/c25-10-4-1-7(13(28)16(10)31)22(34,35)43-19-40-20(44-23(36,37)8-2-5-11(26)17(32)14(8)29)42-21(41-19)45-24(38,39)9-3-6-12(27)18(33)15(9)30/h1-6H. The average Bonchev–Trinajstić information content (AvgIpc) is 2.92. The first kappa shape index (κ1) is 41.0. The zero-order valence-corrected chi connectivity index (χ0v) is 44.5. The van der Waals surface area contributed by atoms with Gasteiger partial charge in [0.1, 0.15) is 0 Å². The number of hydrogen-bond acceptors (Lipinski definition) is 6. The minimum atomic E-state index is -1.29. The van der Waals surface area contributed by atoms with Crippen LogP contribution in [0.15, 0.2) is 76.7 Å². The lowest BCUT2D eigenvalue weighted by atomic mass is 10.2. The largest absolute Gasteiger partial charge is 0.430 e. The number of alkyl halides is 6. The van der Waals surface area contributed by atoms with Gasteiger partial charge >= 0.3 is 18.0 Å². The highest BCUT2D eigenvalue weighted by Crippen LogP contribution is 2.50. The lowest BCUT2D eigenvalue weighted by Gasteiger charge is -2.27. The quantitative estimate of drug-likeness (QED) is 0.123. The van der Waals surface area contributed by atoms with Gasteiger partial charge < -0.3 is 14.2 Å². The normalized spacial score (nSPS) is 12.3. The second kappa shape index (κ2) is 16.5. The van der Waals surface area contributed by atoms with Crippen molar-refractivity contribution >= 4 is 239 Å². The topological polar surface area (TPSA) is 66.4 Å². The zero-order chi connectivity index (χ0) is 33.6. The molecule has 0 N–H and O–H groups in total. The molecule has 45 heavy (non-hydrogen) atoms. The fourth-order valence-corrected chi connectivity index (χ4v) is 12.4. The molecule has 4 rings (SSSR count). The summed E-state index contributed by atoms with van der Waals surface area (Å²) in [5.74, 6) is 0. The summed E-state index contributed by atoms with van der Waals surface area (Å²) in [6.07, 6.45) is 0. The highest BCUT2D eigenvalue weighted by molar-refractivity contribution is 9.25. The highest BCUT2D eigenvalue weighted by Gasteiger charge is 2.38. The number of aromatic nitrogens is 3. The van der Waals surface area contributed by atoms with Gasteiger partial charge in [-0.15, -0.1) is 15.0 Å². The maximum Gasteiger partial charge on any atom is 0.328 e. The van der Waals surface area contributed by atoms with Crippen molar-refractivity contribution in [1.82, 2.24) is 15.0 Å². The first-order valence-corrected chi connectivity index (χ1v) is 23.0. The van der Waals surface area contributed by atoms with Crippen LogP contribution < -0.4 is 14.2 Å². The van der Waals surface area contributed by atoms with Crippen molar-refractivity contribution in [3.8, 4) is 18.0 Å². The van der Waals surface area contributed by atoms with Crippen LogP contribution in [0.1, 0.15) is 16.7 Å². The van der Waals surface area contributed by atoms with Gasteiger partial charge in [0, 0.05) is 56.9 Å². The average molecular weight is 1580 g/mol. The van der Waals surface area contributed by atoms with Crippen molar-refractivity contribution in [1.29, 1.82) is 0 Å². The van der Waals surface area contributed by atoms with Gasteiger partial charge in [0.05, 0.1) is 0 Å². The number of hydrogen-bond donors (Lipinski definition) is 0. The lowest BCUT2D eigenvalue weighted by molar-refractivity contribution is 0.197. The summed E-state index contributed by atoms with van der Waals surface area (Å²) in [6, 6.07) is 10.7. The molecule has 21 heteroatoms. The van der Waals surface area contributed by atoms with Gasteiger partial charge in [-0.25, -0.2) is 0 Å². The Morgan fingerprint density at radius 1 is 0.356 bits per heavy atom. The Morgan fingerprint density at radius 2 is 0.578 bits per heavy atom. The Labute approximate surface area is 383 Å². The van der Waals surface area contributed by atoms with E-state index in [1.54, 1.807) is 0 Å². The number of halogens is 15. The summed E-state index contributed by atoms with van der Waals surface area (Å²) < 4.78 is 21.8. The van der Waals surface area contributed by atoms with Crippen LogP contribution in [-0.2, 0) is 10.3 Å². The van der Waals surface area contributed by atoms with Crippen LogP contribution in [0.2, 0.25) is 0 Å². The molecule has 6 nitrogen and oxygen atoms in total. The van der Waals surface area contributed by atoms with Crippen molar-refractivity contribution in [2.45, 2.75) is 10.3 Å². The van der Waals surface area contributed by atoms with Crippen molar-refractivity contribution in [3.63, 3.8) is 0 Å². The van der Waals surface area contributed by atoms with Crippen LogP contribution in [0.3, 0.4) is 0 Å². The van der Waals surface area contributed by atoms with Gasteiger partial charge in [0.15, 0.2) is 0 Å². The molecule has 1 heterocycles. The lowest BCUT2D eigenvalue weighted by Crippen LogP contribution is -2.24. The molecule has 0 aliphatic carbocycles. The summed E-state index contributed by atoms with van der Waals surface area (Å²) in [5.41, 5.74) is 2.00. The molecule has 0 saturated heterocycles.